The lowest BCUT2D eigenvalue weighted by atomic mass is 10.2. The van der Waals surface area contributed by atoms with Crippen LogP contribution in [0.3, 0.4) is 0 Å². The number of pyridine rings is 1. The van der Waals surface area contributed by atoms with Gasteiger partial charge in [-0.25, -0.2) is 4.98 Å². The first-order valence-corrected chi connectivity index (χ1v) is 9.38. The van der Waals surface area contributed by atoms with Gasteiger partial charge in [0.1, 0.15) is 15.6 Å². The van der Waals surface area contributed by atoms with Crippen LogP contribution in [-0.4, -0.2) is 55.6 Å². The third-order valence-corrected chi connectivity index (χ3v) is 5.42. The van der Waals surface area contributed by atoms with Crippen LogP contribution in [0.15, 0.2) is 43.0 Å². The van der Waals surface area contributed by atoms with E-state index in [2.05, 4.69) is 20.4 Å². The Morgan fingerprint density at radius 2 is 2.15 bits per heavy atom. The highest BCUT2D eigenvalue weighted by Crippen LogP contribution is 2.24. The molecule has 0 bridgehead atoms. The van der Waals surface area contributed by atoms with Crippen molar-refractivity contribution in [3.05, 3.63) is 53.6 Å². The minimum absolute atomic E-state index is 0.0749. The van der Waals surface area contributed by atoms with Crippen molar-refractivity contribution in [2.45, 2.75) is 12.5 Å². The fourth-order valence-electron chi connectivity index (χ4n) is 3.01. The highest BCUT2D eigenvalue weighted by atomic mass is 32.1. The van der Waals surface area contributed by atoms with Crippen molar-refractivity contribution in [3.8, 4) is 10.6 Å². The van der Waals surface area contributed by atoms with E-state index in [1.807, 2.05) is 13.2 Å². The van der Waals surface area contributed by atoms with E-state index in [1.54, 1.807) is 46.4 Å². The molecular weight excluding hydrogens is 364 g/mol. The summed E-state index contributed by atoms with van der Waals surface area (Å²) >= 11 is 1.33. The maximum atomic E-state index is 12.5. The van der Waals surface area contributed by atoms with Crippen molar-refractivity contribution in [2.24, 2.45) is 7.05 Å². The van der Waals surface area contributed by atoms with Gasteiger partial charge in [-0.3, -0.25) is 19.3 Å². The van der Waals surface area contributed by atoms with Gasteiger partial charge >= 0.3 is 0 Å². The first kappa shape index (κ1) is 17.3. The normalized spacial score (nSPS) is 16.5. The minimum Gasteiger partial charge on any atom is -0.347 e. The van der Waals surface area contributed by atoms with Crippen LogP contribution in [0, 0.1) is 0 Å². The van der Waals surface area contributed by atoms with Crippen LogP contribution >= 0.6 is 11.3 Å². The molecule has 1 fully saturated rings. The van der Waals surface area contributed by atoms with E-state index in [0.717, 1.165) is 17.0 Å². The number of amides is 2. The Morgan fingerprint density at radius 1 is 1.26 bits per heavy atom. The monoisotopic (exact) mass is 382 g/mol. The van der Waals surface area contributed by atoms with Gasteiger partial charge in [0.25, 0.3) is 11.8 Å². The lowest BCUT2D eigenvalue weighted by molar-refractivity contribution is 0.0778. The van der Waals surface area contributed by atoms with Crippen LogP contribution in [0.25, 0.3) is 10.6 Å². The van der Waals surface area contributed by atoms with Gasteiger partial charge < -0.3 is 10.2 Å². The van der Waals surface area contributed by atoms with Gasteiger partial charge in [0.05, 0.1) is 12.4 Å². The second kappa shape index (κ2) is 7.28. The molecule has 1 unspecified atom stereocenters. The van der Waals surface area contributed by atoms with Crippen LogP contribution in [0.1, 0.15) is 26.6 Å². The lowest BCUT2D eigenvalue weighted by Gasteiger charge is -2.16. The summed E-state index contributed by atoms with van der Waals surface area (Å²) < 4.78 is 1.70. The van der Waals surface area contributed by atoms with Crippen molar-refractivity contribution < 1.29 is 9.59 Å². The molecular formula is C18H18N6O2S. The summed E-state index contributed by atoms with van der Waals surface area (Å²) in [6, 6.07) is 5.19. The Hall–Kier alpha value is -3.07. The molecule has 0 spiro atoms. The highest BCUT2D eigenvalue weighted by molar-refractivity contribution is 7.16. The topological polar surface area (TPSA) is 93.0 Å². The number of carbonyl (C=O) groups excluding carboxylic acids is 2. The van der Waals surface area contributed by atoms with Gasteiger partial charge in [-0.05, 0) is 18.6 Å². The molecule has 1 aliphatic rings. The number of thiazole rings is 1. The molecule has 1 aliphatic heterocycles. The van der Waals surface area contributed by atoms with E-state index in [1.165, 1.54) is 11.3 Å². The standard InChI is InChI=1S/C18H18N6O2S/c1-23-10-12(8-21-23)17-20-9-15(27-17)16(25)22-13-5-7-24(11-13)18(26)14-4-2-3-6-19-14/h2-4,6,8-10,13H,5,7,11H2,1H3,(H,22,25). The van der Waals surface area contributed by atoms with Crippen LogP contribution in [0.2, 0.25) is 0 Å². The smallest absolute Gasteiger partial charge is 0.272 e. The molecule has 27 heavy (non-hydrogen) atoms. The van der Waals surface area contributed by atoms with E-state index in [0.29, 0.717) is 23.7 Å². The molecule has 0 saturated carbocycles. The fourth-order valence-corrected chi connectivity index (χ4v) is 3.81. The molecule has 8 nitrogen and oxygen atoms in total. The number of aromatic nitrogens is 4. The van der Waals surface area contributed by atoms with Gasteiger partial charge in [-0.15, -0.1) is 11.3 Å². The predicted octanol–water partition coefficient (Wildman–Crippen LogP) is 1.58. The number of carbonyl (C=O) groups is 2. The quantitative estimate of drug-likeness (QED) is 0.740. The summed E-state index contributed by atoms with van der Waals surface area (Å²) in [4.78, 5) is 35.6. The zero-order valence-corrected chi connectivity index (χ0v) is 15.5. The average Bonchev–Trinajstić information content (AvgIpc) is 3.42. The first-order valence-electron chi connectivity index (χ1n) is 8.56. The molecule has 2 amide bonds. The molecule has 0 aromatic carbocycles. The van der Waals surface area contributed by atoms with Crippen molar-refractivity contribution in [2.75, 3.05) is 13.1 Å². The number of nitrogens with one attached hydrogen (secondary N) is 1. The average molecular weight is 382 g/mol. The first-order chi connectivity index (χ1) is 13.1. The Morgan fingerprint density at radius 3 is 2.89 bits per heavy atom. The number of nitrogens with zero attached hydrogens (tertiary/aromatic N) is 5. The molecule has 4 heterocycles. The van der Waals surface area contributed by atoms with E-state index in [9.17, 15) is 9.59 Å². The molecule has 1 N–H and O–H groups in total. The van der Waals surface area contributed by atoms with Crippen LogP contribution < -0.4 is 5.32 Å². The van der Waals surface area contributed by atoms with Gasteiger partial charge in [0, 0.05) is 44.1 Å². The summed E-state index contributed by atoms with van der Waals surface area (Å²) in [6.45, 7) is 1.08. The third-order valence-electron chi connectivity index (χ3n) is 4.38. The summed E-state index contributed by atoms with van der Waals surface area (Å²) in [5, 5.41) is 7.87. The number of hydrogen-bond acceptors (Lipinski definition) is 6. The van der Waals surface area contributed by atoms with Gasteiger partial charge in [-0.1, -0.05) is 6.07 Å². The van der Waals surface area contributed by atoms with Gasteiger partial charge in [-0.2, -0.15) is 5.10 Å². The Kier molecular flexibility index (Phi) is 4.68. The Balaban J connectivity index is 1.37. The maximum Gasteiger partial charge on any atom is 0.272 e. The Labute approximate surface area is 159 Å². The molecule has 3 aromatic rings. The third kappa shape index (κ3) is 3.72. The largest absolute Gasteiger partial charge is 0.347 e. The van der Waals surface area contributed by atoms with Crippen LogP contribution in [0.5, 0.6) is 0 Å². The van der Waals surface area contributed by atoms with Crippen LogP contribution in [-0.2, 0) is 7.05 Å². The molecule has 1 saturated heterocycles. The van der Waals surface area contributed by atoms with E-state index >= 15 is 0 Å². The SMILES string of the molecule is Cn1cc(-c2ncc(C(=O)NC3CCN(C(=O)c4ccccn4)C3)s2)cn1. The summed E-state index contributed by atoms with van der Waals surface area (Å²) in [7, 11) is 1.84. The fraction of sp³-hybridized carbons (Fsp3) is 0.278. The zero-order valence-electron chi connectivity index (χ0n) is 14.7. The molecule has 138 valence electrons. The molecule has 1 atom stereocenters. The van der Waals surface area contributed by atoms with Crippen molar-refractivity contribution in [1.29, 1.82) is 0 Å². The van der Waals surface area contributed by atoms with Crippen molar-refractivity contribution >= 4 is 23.2 Å². The zero-order chi connectivity index (χ0) is 18.8. The van der Waals surface area contributed by atoms with E-state index in [4.69, 9.17) is 0 Å². The predicted molar refractivity (Wildman–Crippen MR) is 100 cm³/mol. The molecule has 0 aliphatic carbocycles. The number of likely N-dealkylation sites (tertiary alicyclic amines) is 1. The number of hydrogen-bond donors (Lipinski definition) is 1. The van der Waals surface area contributed by atoms with Crippen LogP contribution in [0.4, 0.5) is 0 Å². The lowest BCUT2D eigenvalue weighted by Crippen LogP contribution is -2.38. The number of rotatable bonds is 4. The van der Waals surface area contributed by atoms with E-state index in [-0.39, 0.29) is 17.9 Å². The molecule has 0 radical (unpaired) electrons. The maximum absolute atomic E-state index is 12.5. The van der Waals surface area contributed by atoms with Crippen molar-refractivity contribution in [1.82, 2.24) is 30.0 Å². The second-order valence-corrected chi connectivity index (χ2v) is 7.39. The van der Waals surface area contributed by atoms with Gasteiger partial charge in [0.15, 0.2) is 0 Å². The van der Waals surface area contributed by atoms with Gasteiger partial charge in [0.2, 0.25) is 0 Å². The molecule has 9 heteroatoms. The summed E-state index contributed by atoms with van der Waals surface area (Å²) in [5.41, 5.74) is 1.31. The van der Waals surface area contributed by atoms with Crippen molar-refractivity contribution in [3.63, 3.8) is 0 Å². The summed E-state index contributed by atoms with van der Waals surface area (Å²) in [6.07, 6.45) is 7.48. The molecule has 3 aromatic heterocycles. The summed E-state index contributed by atoms with van der Waals surface area (Å²) in [5.74, 6) is -0.274. The highest BCUT2D eigenvalue weighted by Gasteiger charge is 2.29. The molecule has 4 rings (SSSR count). The van der Waals surface area contributed by atoms with E-state index < -0.39 is 0 Å². The number of aryl methyl sites for hydroxylation is 1. The Bertz CT molecular complexity index is 967. The second-order valence-electron chi connectivity index (χ2n) is 6.36. The minimum atomic E-state index is -0.167.